The minimum atomic E-state index is -0.622. The molecule has 14 heavy (non-hydrogen) atoms. The smallest absolute Gasteiger partial charge is 0.227 e. The number of carbonyl (C=O) groups is 1. The van der Waals surface area contributed by atoms with Crippen LogP contribution in [0, 0.1) is 5.95 Å². The van der Waals surface area contributed by atoms with Crippen molar-refractivity contribution in [1.29, 1.82) is 0 Å². The molecule has 0 saturated heterocycles. The van der Waals surface area contributed by atoms with Crippen molar-refractivity contribution in [3.8, 4) is 0 Å². The van der Waals surface area contributed by atoms with Crippen molar-refractivity contribution in [2.75, 3.05) is 5.32 Å². The average Bonchev–Trinajstić information content (AvgIpc) is 2.01. The second-order valence-corrected chi connectivity index (χ2v) is 3.08. The standard InChI is InChI=1S/C9H12FN3O/c1-6(11)5-9(14)13-8-4-2-3-7(10)12-8/h2-4,6H,5,11H2,1H3,(H,12,13,14). The van der Waals surface area contributed by atoms with Gasteiger partial charge in [0.1, 0.15) is 5.82 Å². The first kappa shape index (κ1) is 10.6. The van der Waals surface area contributed by atoms with Crippen LogP contribution in [0.5, 0.6) is 0 Å². The van der Waals surface area contributed by atoms with Gasteiger partial charge in [-0.05, 0) is 19.1 Å². The van der Waals surface area contributed by atoms with Gasteiger partial charge in [0.2, 0.25) is 11.9 Å². The number of anilines is 1. The molecular formula is C9H12FN3O. The van der Waals surface area contributed by atoms with Crippen LogP contribution in [-0.4, -0.2) is 16.9 Å². The summed E-state index contributed by atoms with van der Waals surface area (Å²) in [4.78, 5) is 14.7. The fraction of sp³-hybridized carbons (Fsp3) is 0.333. The molecule has 1 unspecified atom stereocenters. The molecule has 0 aliphatic heterocycles. The number of hydrogen-bond donors (Lipinski definition) is 2. The number of rotatable bonds is 3. The monoisotopic (exact) mass is 197 g/mol. The quantitative estimate of drug-likeness (QED) is 0.707. The van der Waals surface area contributed by atoms with Gasteiger partial charge in [-0.1, -0.05) is 6.07 Å². The van der Waals surface area contributed by atoms with E-state index < -0.39 is 5.95 Å². The molecule has 4 nitrogen and oxygen atoms in total. The second kappa shape index (κ2) is 4.66. The summed E-state index contributed by atoms with van der Waals surface area (Å²) in [5.41, 5.74) is 5.42. The Labute approximate surface area is 81.3 Å². The molecule has 1 heterocycles. The maximum atomic E-state index is 12.6. The molecule has 0 fully saturated rings. The lowest BCUT2D eigenvalue weighted by atomic mass is 10.2. The highest BCUT2D eigenvalue weighted by Crippen LogP contribution is 2.04. The van der Waals surface area contributed by atoms with E-state index in [-0.39, 0.29) is 24.2 Å². The molecule has 0 spiro atoms. The first-order chi connectivity index (χ1) is 6.58. The second-order valence-electron chi connectivity index (χ2n) is 3.08. The van der Waals surface area contributed by atoms with E-state index >= 15 is 0 Å². The first-order valence-corrected chi connectivity index (χ1v) is 4.26. The molecule has 76 valence electrons. The Morgan fingerprint density at radius 3 is 3.00 bits per heavy atom. The zero-order chi connectivity index (χ0) is 10.6. The summed E-state index contributed by atoms with van der Waals surface area (Å²) >= 11 is 0. The van der Waals surface area contributed by atoms with E-state index in [9.17, 15) is 9.18 Å². The summed E-state index contributed by atoms with van der Waals surface area (Å²) in [5, 5.41) is 2.44. The van der Waals surface area contributed by atoms with Gasteiger partial charge in [-0.15, -0.1) is 0 Å². The third kappa shape index (κ3) is 3.49. The largest absolute Gasteiger partial charge is 0.327 e. The number of nitrogens with one attached hydrogen (secondary N) is 1. The van der Waals surface area contributed by atoms with Crippen molar-refractivity contribution in [3.05, 3.63) is 24.1 Å². The summed E-state index contributed by atoms with van der Waals surface area (Å²) in [5.74, 6) is -0.683. The number of nitrogens with zero attached hydrogens (tertiary/aromatic N) is 1. The molecule has 5 heteroatoms. The van der Waals surface area contributed by atoms with Crippen LogP contribution >= 0.6 is 0 Å². The van der Waals surface area contributed by atoms with Gasteiger partial charge in [-0.25, -0.2) is 4.98 Å². The zero-order valence-electron chi connectivity index (χ0n) is 7.83. The highest BCUT2D eigenvalue weighted by molar-refractivity contribution is 5.90. The van der Waals surface area contributed by atoms with Gasteiger partial charge in [-0.2, -0.15) is 4.39 Å². The minimum Gasteiger partial charge on any atom is -0.327 e. The highest BCUT2D eigenvalue weighted by atomic mass is 19.1. The summed E-state index contributed by atoms with van der Waals surface area (Å²) in [7, 11) is 0. The van der Waals surface area contributed by atoms with Gasteiger partial charge in [0.05, 0.1) is 0 Å². The number of aromatic nitrogens is 1. The van der Waals surface area contributed by atoms with E-state index in [2.05, 4.69) is 10.3 Å². The lowest BCUT2D eigenvalue weighted by molar-refractivity contribution is -0.116. The van der Waals surface area contributed by atoms with Gasteiger partial charge in [0.15, 0.2) is 0 Å². The van der Waals surface area contributed by atoms with Crippen molar-refractivity contribution < 1.29 is 9.18 Å². The van der Waals surface area contributed by atoms with Crippen molar-refractivity contribution in [2.45, 2.75) is 19.4 Å². The van der Waals surface area contributed by atoms with E-state index in [4.69, 9.17) is 5.73 Å². The predicted molar refractivity (Wildman–Crippen MR) is 51.1 cm³/mol. The Kier molecular flexibility index (Phi) is 3.53. The Hall–Kier alpha value is -1.49. The van der Waals surface area contributed by atoms with Crippen molar-refractivity contribution in [1.82, 2.24) is 4.98 Å². The maximum Gasteiger partial charge on any atom is 0.227 e. The number of nitrogens with two attached hydrogens (primary N) is 1. The third-order valence-electron chi connectivity index (χ3n) is 1.49. The molecule has 0 radical (unpaired) electrons. The van der Waals surface area contributed by atoms with Crippen LogP contribution in [0.2, 0.25) is 0 Å². The van der Waals surface area contributed by atoms with Gasteiger partial charge >= 0.3 is 0 Å². The Morgan fingerprint density at radius 2 is 2.43 bits per heavy atom. The van der Waals surface area contributed by atoms with Crippen molar-refractivity contribution in [2.24, 2.45) is 5.73 Å². The molecule has 1 atom stereocenters. The molecule has 0 aliphatic carbocycles. The number of carbonyl (C=O) groups excluding carboxylic acids is 1. The van der Waals surface area contributed by atoms with E-state index in [1.807, 2.05) is 0 Å². The van der Waals surface area contributed by atoms with E-state index in [1.165, 1.54) is 18.2 Å². The van der Waals surface area contributed by atoms with Gasteiger partial charge in [0.25, 0.3) is 0 Å². The van der Waals surface area contributed by atoms with Crippen LogP contribution < -0.4 is 11.1 Å². The Bertz CT molecular complexity index is 328. The fourth-order valence-corrected chi connectivity index (χ4v) is 0.964. The predicted octanol–water partition coefficient (Wildman–Crippen LogP) is 0.896. The van der Waals surface area contributed by atoms with Crippen molar-refractivity contribution in [3.63, 3.8) is 0 Å². The third-order valence-corrected chi connectivity index (χ3v) is 1.49. The number of amides is 1. The Morgan fingerprint density at radius 1 is 1.71 bits per heavy atom. The maximum absolute atomic E-state index is 12.6. The van der Waals surface area contributed by atoms with Crippen molar-refractivity contribution >= 4 is 11.7 Å². The summed E-state index contributed by atoms with van der Waals surface area (Å²) in [6.07, 6.45) is 0.193. The van der Waals surface area contributed by atoms with Crippen LogP contribution in [0.4, 0.5) is 10.2 Å². The molecule has 1 aromatic heterocycles. The molecule has 1 rings (SSSR count). The van der Waals surface area contributed by atoms with Crippen LogP contribution in [0.3, 0.4) is 0 Å². The SMILES string of the molecule is CC(N)CC(=O)Nc1cccc(F)n1. The fourth-order valence-electron chi connectivity index (χ4n) is 0.964. The van der Waals surface area contributed by atoms with E-state index in [1.54, 1.807) is 6.92 Å². The average molecular weight is 197 g/mol. The van der Waals surface area contributed by atoms with Crippen LogP contribution in [-0.2, 0) is 4.79 Å². The highest BCUT2D eigenvalue weighted by Gasteiger charge is 2.06. The normalized spacial score (nSPS) is 12.2. The molecule has 3 N–H and O–H groups in total. The molecule has 1 amide bonds. The van der Waals surface area contributed by atoms with E-state index in [0.29, 0.717) is 0 Å². The van der Waals surface area contributed by atoms with Crippen LogP contribution in [0.15, 0.2) is 18.2 Å². The zero-order valence-corrected chi connectivity index (χ0v) is 7.83. The minimum absolute atomic E-state index is 0.193. The summed E-state index contributed by atoms with van der Waals surface area (Å²) < 4.78 is 12.6. The van der Waals surface area contributed by atoms with Crippen LogP contribution in [0.25, 0.3) is 0 Å². The lowest BCUT2D eigenvalue weighted by Gasteiger charge is -2.05. The molecule has 0 aliphatic rings. The number of pyridine rings is 1. The van der Waals surface area contributed by atoms with Gasteiger partial charge < -0.3 is 11.1 Å². The van der Waals surface area contributed by atoms with Gasteiger partial charge in [0, 0.05) is 12.5 Å². The summed E-state index contributed by atoms with van der Waals surface area (Å²) in [6, 6.07) is 3.98. The summed E-state index contributed by atoms with van der Waals surface area (Å²) in [6.45, 7) is 1.72. The molecule has 0 saturated carbocycles. The molecular weight excluding hydrogens is 185 g/mol. The number of halogens is 1. The lowest BCUT2D eigenvalue weighted by Crippen LogP contribution is -2.24. The Balaban J connectivity index is 2.56. The first-order valence-electron chi connectivity index (χ1n) is 4.26. The van der Waals surface area contributed by atoms with Gasteiger partial charge in [-0.3, -0.25) is 4.79 Å². The van der Waals surface area contributed by atoms with Crippen LogP contribution in [0.1, 0.15) is 13.3 Å². The molecule has 1 aromatic rings. The number of hydrogen-bond acceptors (Lipinski definition) is 3. The molecule has 0 bridgehead atoms. The molecule has 0 aromatic carbocycles. The topological polar surface area (TPSA) is 68.0 Å². The van der Waals surface area contributed by atoms with E-state index in [0.717, 1.165) is 0 Å².